The molecule has 7 nitrogen and oxygen atoms in total. The zero-order valence-corrected chi connectivity index (χ0v) is 10.8. The van der Waals surface area contributed by atoms with Crippen LogP contribution in [-0.2, 0) is 19.1 Å². The van der Waals surface area contributed by atoms with Crippen LogP contribution in [0.1, 0.15) is 32.6 Å². The molecule has 0 radical (unpaired) electrons. The summed E-state index contributed by atoms with van der Waals surface area (Å²) >= 11 is 0. The van der Waals surface area contributed by atoms with Gasteiger partial charge in [-0.15, -0.1) is 0 Å². The van der Waals surface area contributed by atoms with Crippen LogP contribution in [0.4, 0.5) is 0 Å². The summed E-state index contributed by atoms with van der Waals surface area (Å²) < 4.78 is 5.09. The van der Waals surface area contributed by atoms with E-state index in [-0.39, 0.29) is 30.4 Å². The predicted molar refractivity (Wildman–Crippen MR) is 66.2 cm³/mol. The Morgan fingerprint density at radius 2 is 2.00 bits per heavy atom. The summed E-state index contributed by atoms with van der Waals surface area (Å²) in [6.07, 6.45) is 1.62. The molecule has 0 bridgehead atoms. The van der Waals surface area contributed by atoms with Crippen molar-refractivity contribution in [3.8, 4) is 0 Å². The first-order valence-corrected chi connectivity index (χ1v) is 6.43. The lowest BCUT2D eigenvalue weighted by Gasteiger charge is -2.21. The highest BCUT2D eigenvalue weighted by molar-refractivity contribution is 6.37. The minimum atomic E-state index is -0.814. The van der Waals surface area contributed by atoms with Crippen LogP contribution in [-0.4, -0.2) is 47.6 Å². The smallest absolute Gasteiger partial charge is 0.355 e. The van der Waals surface area contributed by atoms with Crippen LogP contribution >= 0.6 is 0 Å². The lowest BCUT2D eigenvalue weighted by atomic mass is 10.2. The lowest BCUT2D eigenvalue weighted by molar-refractivity contribution is -0.153. The highest BCUT2D eigenvalue weighted by Gasteiger charge is 2.28. The number of likely N-dealkylation sites (tertiary alicyclic amines) is 1. The van der Waals surface area contributed by atoms with E-state index < -0.39 is 12.1 Å². The van der Waals surface area contributed by atoms with Crippen molar-refractivity contribution >= 4 is 23.5 Å². The number of hydrogen-bond donors (Lipinski definition) is 1. The van der Waals surface area contributed by atoms with Gasteiger partial charge >= 0.3 is 5.97 Å². The molecule has 1 N–H and O–H groups in total. The van der Waals surface area contributed by atoms with Crippen molar-refractivity contribution in [1.29, 1.82) is 0 Å². The quantitative estimate of drug-likeness (QED) is 0.718. The normalized spacial score (nSPS) is 20.6. The van der Waals surface area contributed by atoms with Crippen LogP contribution < -0.4 is 5.43 Å². The average Bonchev–Trinajstić information content (AvgIpc) is 2.92. The van der Waals surface area contributed by atoms with Gasteiger partial charge < -0.3 is 9.64 Å². The summed E-state index contributed by atoms with van der Waals surface area (Å²) in [6.45, 7) is 3.00. The summed E-state index contributed by atoms with van der Waals surface area (Å²) in [6, 6.07) is 0. The number of ether oxygens (including phenoxy) is 1. The van der Waals surface area contributed by atoms with E-state index in [1.54, 1.807) is 11.8 Å². The van der Waals surface area contributed by atoms with E-state index in [1.807, 2.05) is 0 Å². The number of carbonyl (C=O) groups excluding carboxylic acids is 3. The Labute approximate surface area is 111 Å². The Morgan fingerprint density at radius 1 is 1.32 bits per heavy atom. The number of rotatable bonds is 3. The molecule has 7 heteroatoms. The van der Waals surface area contributed by atoms with Crippen LogP contribution in [0, 0.1) is 0 Å². The maximum Gasteiger partial charge on any atom is 0.355 e. The zero-order chi connectivity index (χ0) is 13.8. The Hall–Kier alpha value is -1.92. The monoisotopic (exact) mass is 267 g/mol. The van der Waals surface area contributed by atoms with Gasteiger partial charge in [0, 0.05) is 25.9 Å². The second kappa shape index (κ2) is 5.81. The Balaban J connectivity index is 1.87. The molecule has 0 unspecified atom stereocenters. The van der Waals surface area contributed by atoms with E-state index in [9.17, 15) is 14.4 Å². The number of esters is 1. The first-order chi connectivity index (χ1) is 9.08. The zero-order valence-electron chi connectivity index (χ0n) is 10.8. The minimum Gasteiger partial charge on any atom is -0.448 e. The Morgan fingerprint density at radius 3 is 2.58 bits per heavy atom. The van der Waals surface area contributed by atoms with Crippen LogP contribution in [0.2, 0.25) is 0 Å². The second-order valence-electron chi connectivity index (χ2n) is 4.67. The highest BCUT2D eigenvalue weighted by atomic mass is 16.5. The molecule has 1 atom stereocenters. The van der Waals surface area contributed by atoms with E-state index in [2.05, 4.69) is 10.5 Å². The van der Waals surface area contributed by atoms with Crippen molar-refractivity contribution in [2.24, 2.45) is 5.10 Å². The minimum absolute atomic E-state index is 0.153. The third-order valence-electron chi connectivity index (χ3n) is 3.19. The summed E-state index contributed by atoms with van der Waals surface area (Å²) in [5, 5.41) is 3.64. The van der Waals surface area contributed by atoms with Gasteiger partial charge in [-0.1, -0.05) is 0 Å². The van der Waals surface area contributed by atoms with Gasteiger partial charge in [-0.05, 0) is 19.8 Å². The molecule has 104 valence electrons. The summed E-state index contributed by atoms with van der Waals surface area (Å²) in [5.74, 6) is -1.04. The van der Waals surface area contributed by atoms with Gasteiger partial charge in [0.25, 0.3) is 5.91 Å². The largest absolute Gasteiger partial charge is 0.448 e. The van der Waals surface area contributed by atoms with Crippen LogP contribution in [0.3, 0.4) is 0 Å². The van der Waals surface area contributed by atoms with Crippen molar-refractivity contribution in [3.05, 3.63) is 0 Å². The number of nitrogens with zero attached hydrogens (tertiary/aromatic N) is 2. The topological polar surface area (TPSA) is 88.1 Å². The fourth-order valence-electron chi connectivity index (χ4n) is 2.09. The second-order valence-corrected chi connectivity index (χ2v) is 4.67. The van der Waals surface area contributed by atoms with Crippen molar-refractivity contribution < 1.29 is 19.1 Å². The average molecular weight is 267 g/mol. The summed E-state index contributed by atoms with van der Waals surface area (Å²) in [5.41, 5.74) is 2.38. The first-order valence-electron chi connectivity index (χ1n) is 6.43. The number of hydrazone groups is 1. The van der Waals surface area contributed by atoms with E-state index >= 15 is 0 Å². The molecule has 0 aromatic heterocycles. The SMILES string of the molecule is C[C@H](OC(=O)C1=NNC(=O)CC1)C(=O)N1CCCC1. The molecule has 2 aliphatic rings. The molecule has 19 heavy (non-hydrogen) atoms. The molecule has 1 saturated heterocycles. The maximum atomic E-state index is 12.0. The molecule has 2 heterocycles. The molecule has 2 rings (SSSR count). The molecule has 0 spiro atoms. The Kier molecular flexibility index (Phi) is 4.13. The molecular formula is C12H17N3O4. The van der Waals surface area contributed by atoms with Gasteiger partial charge in [0.15, 0.2) is 6.10 Å². The van der Waals surface area contributed by atoms with Gasteiger partial charge in [0.1, 0.15) is 5.71 Å². The predicted octanol–water partition coefficient (Wildman–Crippen LogP) is -0.194. The molecule has 1 fully saturated rings. The molecule has 2 amide bonds. The van der Waals surface area contributed by atoms with Crippen LogP contribution in [0.15, 0.2) is 5.10 Å². The fraction of sp³-hybridized carbons (Fsp3) is 0.667. The highest BCUT2D eigenvalue weighted by Crippen LogP contribution is 2.11. The molecule has 0 aliphatic carbocycles. The van der Waals surface area contributed by atoms with Crippen molar-refractivity contribution in [3.63, 3.8) is 0 Å². The van der Waals surface area contributed by atoms with Crippen molar-refractivity contribution in [2.75, 3.05) is 13.1 Å². The van der Waals surface area contributed by atoms with Gasteiger partial charge in [0.05, 0.1) is 0 Å². The number of hydrogen-bond acceptors (Lipinski definition) is 5. The van der Waals surface area contributed by atoms with Gasteiger partial charge in [-0.2, -0.15) is 5.10 Å². The molecule has 0 aromatic carbocycles. The molecule has 2 aliphatic heterocycles. The third kappa shape index (κ3) is 3.30. The summed E-state index contributed by atoms with van der Waals surface area (Å²) in [4.78, 5) is 36.3. The standard InChI is InChI=1S/C12H17N3O4/c1-8(11(17)15-6-2-3-7-15)19-12(18)9-4-5-10(16)14-13-9/h8H,2-7H2,1H3,(H,14,16)/t8-/m0/s1. The van der Waals surface area contributed by atoms with Crippen LogP contribution in [0.25, 0.3) is 0 Å². The van der Waals surface area contributed by atoms with Crippen LogP contribution in [0.5, 0.6) is 0 Å². The van der Waals surface area contributed by atoms with Crippen molar-refractivity contribution in [2.45, 2.75) is 38.7 Å². The number of amides is 2. The van der Waals surface area contributed by atoms with E-state index in [4.69, 9.17) is 4.74 Å². The Bertz CT molecular complexity index is 427. The van der Waals surface area contributed by atoms with Crippen molar-refractivity contribution in [1.82, 2.24) is 10.3 Å². The van der Waals surface area contributed by atoms with E-state index in [0.29, 0.717) is 0 Å². The first kappa shape index (κ1) is 13.5. The fourth-order valence-corrected chi connectivity index (χ4v) is 2.09. The maximum absolute atomic E-state index is 12.0. The molecule has 0 aromatic rings. The molecular weight excluding hydrogens is 250 g/mol. The summed E-state index contributed by atoms with van der Waals surface area (Å²) in [7, 11) is 0. The van der Waals surface area contributed by atoms with Gasteiger partial charge in [0.2, 0.25) is 5.91 Å². The third-order valence-corrected chi connectivity index (χ3v) is 3.19. The van der Waals surface area contributed by atoms with E-state index in [0.717, 1.165) is 25.9 Å². The number of nitrogens with one attached hydrogen (secondary N) is 1. The molecule has 0 saturated carbocycles. The number of carbonyl (C=O) groups is 3. The van der Waals surface area contributed by atoms with Gasteiger partial charge in [-0.3, -0.25) is 9.59 Å². The van der Waals surface area contributed by atoms with E-state index in [1.165, 1.54) is 0 Å². The van der Waals surface area contributed by atoms with Gasteiger partial charge in [-0.25, -0.2) is 10.2 Å². The lowest BCUT2D eigenvalue weighted by Crippen LogP contribution is -2.40.